The Bertz CT molecular complexity index is 1070. The van der Waals surface area contributed by atoms with Crippen LogP contribution in [-0.2, 0) is 11.5 Å². The summed E-state index contributed by atoms with van der Waals surface area (Å²) in [5.41, 5.74) is 10.7. The molecule has 0 radical (unpaired) electrons. The topological polar surface area (TPSA) is 110 Å². The van der Waals surface area contributed by atoms with Gasteiger partial charge < -0.3 is 20.3 Å². The summed E-state index contributed by atoms with van der Waals surface area (Å²) in [7, 11) is 1.51. The monoisotopic (exact) mass is 408 g/mol. The Morgan fingerprint density at radius 2 is 1.73 bits per heavy atom. The van der Waals surface area contributed by atoms with Gasteiger partial charge in [-0.3, -0.25) is 4.98 Å². The number of ether oxygens (including phenoxy) is 2. The Hall–Kier alpha value is -3.49. The number of nitrogens with zero attached hydrogens (tertiary/aromatic N) is 3. The highest BCUT2D eigenvalue weighted by molar-refractivity contribution is 5.73. The van der Waals surface area contributed by atoms with Crippen LogP contribution in [0.2, 0.25) is 0 Å². The molecule has 0 aliphatic rings. The highest BCUT2D eigenvalue weighted by Gasteiger charge is 2.19. The molecule has 0 spiro atoms. The molecule has 2 heterocycles. The van der Waals surface area contributed by atoms with Crippen molar-refractivity contribution in [3.05, 3.63) is 66.5 Å². The average Bonchev–Trinajstić information content (AvgIpc) is 3.18. The number of imidazole rings is 1. The van der Waals surface area contributed by atoms with Crippen LogP contribution in [0.25, 0.3) is 22.3 Å². The quantitative estimate of drug-likeness (QED) is 0.334. The van der Waals surface area contributed by atoms with E-state index in [1.165, 1.54) is 23.8 Å². The van der Waals surface area contributed by atoms with Gasteiger partial charge in [-0.1, -0.05) is 65.1 Å². The molecule has 0 unspecified atom stereocenters. The number of aliphatic hydroxyl groups excluding tert-OH is 1. The van der Waals surface area contributed by atoms with Gasteiger partial charge in [-0.05, 0) is 18.1 Å². The number of aromatic amines is 1. The summed E-state index contributed by atoms with van der Waals surface area (Å²) in [5.74, 6) is 0.512. The number of hydrogen-bond donors (Lipinski definition) is 3. The van der Waals surface area contributed by atoms with Crippen molar-refractivity contribution in [3.63, 3.8) is 0 Å². The molecule has 2 aromatic carbocycles. The minimum Gasteiger partial charge on any atom is -0.478 e. The molecule has 4 N–H and O–H groups in total. The number of fused-ring (bicyclic) bond motifs is 1. The SMILES string of the molecule is COc1nc(N)nc2c1[nH]c[n+]2COCCO.Cc1ccc(-c2ccccc2)cc1. The first-order chi connectivity index (χ1) is 14.6. The molecule has 2 aromatic heterocycles. The van der Waals surface area contributed by atoms with Gasteiger partial charge in [0.2, 0.25) is 5.52 Å². The smallest absolute Gasteiger partial charge is 0.313 e. The molecule has 156 valence electrons. The molecule has 0 aliphatic carbocycles. The number of methoxy groups -OCH3 is 1. The maximum Gasteiger partial charge on any atom is 0.313 e. The number of aliphatic hydroxyl groups is 1. The first-order valence-corrected chi connectivity index (χ1v) is 9.51. The van der Waals surface area contributed by atoms with Gasteiger partial charge >= 0.3 is 11.6 Å². The first-order valence-electron chi connectivity index (χ1n) is 9.51. The van der Waals surface area contributed by atoms with E-state index < -0.39 is 0 Å². The molecule has 30 heavy (non-hydrogen) atoms. The molecule has 0 atom stereocenters. The fourth-order valence-electron chi connectivity index (χ4n) is 2.83. The van der Waals surface area contributed by atoms with Gasteiger partial charge in [-0.2, -0.15) is 4.98 Å². The van der Waals surface area contributed by atoms with Crippen molar-refractivity contribution in [3.8, 4) is 17.0 Å². The van der Waals surface area contributed by atoms with E-state index in [9.17, 15) is 0 Å². The fourth-order valence-corrected chi connectivity index (χ4v) is 2.83. The van der Waals surface area contributed by atoms with Crippen LogP contribution < -0.4 is 15.0 Å². The standard InChI is InChI=1S/C13H12.C9H13N5O3/c1-11-7-9-13(10-8-11)12-5-3-2-4-6-12;1-16-8-6-7(12-9(10)13-8)14(4-11-6)5-17-3-2-15/h2-10H,1H3;4,15H,2-3,5H2,1H3,(H2,10,12,13)/p+1. The second-order valence-corrected chi connectivity index (χ2v) is 6.53. The number of benzene rings is 2. The molecule has 4 aromatic rings. The lowest BCUT2D eigenvalue weighted by Crippen LogP contribution is -2.34. The Labute approximate surface area is 174 Å². The van der Waals surface area contributed by atoms with Crippen LogP contribution in [-0.4, -0.2) is 40.4 Å². The summed E-state index contributed by atoms with van der Waals surface area (Å²) in [5, 5.41) is 8.63. The zero-order valence-electron chi connectivity index (χ0n) is 17.1. The highest BCUT2D eigenvalue weighted by atomic mass is 16.5. The highest BCUT2D eigenvalue weighted by Crippen LogP contribution is 2.19. The van der Waals surface area contributed by atoms with E-state index in [2.05, 4.69) is 70.4 Å². The third-order valence-electron chi connectivity index (χ3n) is 4.33. The maximum atomic E-state index is 8.63. The van der Waals surface area contributed by atoms with E-state index in [0.717, 1.165) is 0 Å². The Morgan fingerprint density at radius 3 is 2.40 bits per heavy atom. The fraction of sp³-hybridized carbons (Fsp3) is 0.227. The number of nitrogens with one attached hydrogen (secondary N) is 1. The van der Waals surface area contributed by atoms with Gasteiger partial charge in [-0.25, -0.2) is 4.57 Å². The summed E-state index contributed by atoms with van der Waals surface area (Å²) in [6.45, 7) is 2.61. The molecule has 0 saturated heterocycles. The van der Waals surface area contributed by atoms with Crippen LogP contribution >= 0.6 is 0 Å². The van der Waals surface area contributed by atoms with E-state index in [4.69, 9.17) is 20.3 Å². The van der Waals surface area contributed by atoms with Crippen LogP contribution in [0.3, 0.4) is 0 Å². The number of anilines is 1. The summed E-state index contributed by atoms with van der Waals surface area (Å²) >= 11 is 0. The van der Waals surface area contributed by atoms with Crippen molar-refractivity contribution < 1.29 is 19.1 Å². The number of rotatable bonds is 6. The predicted molar refractivity (Wildman–Crippen MR) is 115 cm³/mol. The molecule has 8 heteroatoms. The van der Waals surface area contributed by atoms with Gasteiger partial charge in [0.1, 0.15) is 0 Å². The van der Waals surface area contributed by atoms with Gasteiger partial charge in [0.15, 0.2) is 13.1 Å². The molecular formula is C22H26N5O3+. The van der Waals surface area contributed by atoms with E-state index in [1.54, 1.807) is 10.9 Å². The van der Waals surface area contributed by atoms with Crippen molar-refractivity contribution >= 4 is 17.1 Å². The number of hydrogen-bond acceptors (Lipinski definition) is 6. The number of aryl methyl sites for hydroxylation is 1. The van der Waals surface area contributed by atoms with Gasteiger partial charge in [0.25, 0.3) is 5.88 Å². The number of nitrogens with two attached hydrogens (primary N) is 1. The van der Waals surface area contributed by atoms with Crippen molar-refractivity contribution in [2.24, 2.45) is 0 Å². The molecule has 8 nitrogen and oxygen atoms in total. The van der Waals surface area contributed by atoms with Crippen LogP contribution in [0.15, 0.2) is 60.9 Å². The van der Waals surface area contributed by atoms with Crippen LogP contribution in [0.4, 0.5) is 5.95 Å². The van der Waals surface area contributed by atoms with Crippen molar-refractivity contribution in [1.82, 2.24) is 15.0 Å². The van der Waals surface area contributed by atoms with E-state index in [1.807, 2.05) is 6.07 Å². The average molecular weight is 408 g/mol. The van der Waals surface area contributed by atoms with E-state index in [0.29, 0.717) is 17.0 Å². The molecule has 0 bridgehead atoms. The third kappa shape index (κ3) is 5.31. The third-order valence-corrected chi connectivity index (χ3v) is 4.33. The van der Waals surface area contributed by atoms with Crippen molar-refractivity contribution in [2.45, 2.75) is 13.7 Å². The minimum atomic E-state index is -0.0244. The summed E-state index contributed by atoms with van der Waals surface area (Å²) in [6, 6.07) is 19.0. The van der Waals surface area contributed by atoms with E-state index >= 15 is 0 Å². The van der Waals surface area contributed by atoms with E-state index in [-0.39, 0.29) is 25.9 Å². The zero-order valence-corrected chi connectivity index (χ0v) is 17.1. The van der Waals surface area contributed by atoms with Gasteiger partial charge in [0.05, 0.1) is 20.3 Å². The lowest BCUT2D eigenvalue weighted by Gasteiger charge is -2.00. The Balaban J connectivity index is 0.000000177. The van der Waals surface area contributed by atoms with Crippen molar-refractivity contribution in [2.75, 3.05) is 26.1 Å². The molecule has 0 aliphatic heterocycles. The van der Waals surface area contributed by atoms with Crippen LogP contribution in [0.1, 0.15) is 5.56 Å². The summed E-state index contributed by atoms with van der Waals surface area (Å²) < 4.78 is 12.0. The molecule has 0 amide bonds. The second kappa shape index (κ2) is 10.3. The molecule has 0 saturated carbocycles. The first kappa shape index (κ1) is 21.2. The van der Waals surface area contributed by atoms with Gasteiger partial charge in [0, 0.05) is 0 Å². The Morgan fingerprint density at radius 1 is 1.03 bits per heavy atom. The maximum absolute atomic E-state index is 8.63. The predicted octanol–water partition coefficient (Wildman–Crippen LogP) is 2.46. The second-order valence-electron chi connectivity index (χ2n) is 6.53. The van der Waals surface area contributed by atoms with Crippen molar-refractivity contribution in [1.29, 1.82) is 0 Å². The van der Waals surface area contributed by atoms with Crippen LogP contribution in [0.5, 0.6) is 5.88 Å². The number of H-pyrrole nitrogens is 1. The molecule has 0 fully saturated rings. The number of aromatic nitrogens is 4. The van der Waals surface area contributed by atoms with Crippen LogP contribution in [0, 0.1) is 6.92 Å². The lowest BCUT2D eigenvalue weighted by molar-refractivity contribution is -0.710. The molecular weight excluding hydrogens is 382 g/mol. The van der Waals surface area contributed by atoms with Gasteiger partial charge in [-0.15, -0.1) is 0 Å². The minimum absolute atomic E-state index is 0.0244. The Kier molecular flexibility index (Phi) is 7.31. The summed E-state index contributed by atoms with van der Waals surface area (Å²) in [4.78, 5) is 11.0. The zero-order chi connectivity index (χ0) is 21.3. The summed E-state index contributed by atoms with van der Waals surface area (Å²) in [6.07, 6.45) is 1.68. The number of nitrogen functional groups attached to an aromatic ring is 1. The largest absolute Gasteiger partial charge is 0.478 e. The molecule has 4 rings (SSSR count). The normalized spacial score (nSPS) is 10.5. The lowest BCUT2D eigenvalue weighted by atomic mass is 10.0.